The van der Waals surface area contributed by atoms with Crippen molar-refractivity contribution < 1.29 is 0 Å². The molecule has 1 N–H and O–H groups in total. The van der Waals surface area contributed by atoms with Crippen LogP contribution in [0.5, 0.6) is 0 Å². The molecular weight excluding hydrogens is 256 g/mol. The number of hydrogen-bond acceptors (Lipinski definition) is 2. The Hall–Kier alpha value is -1.41. The molecule has 1 aliphatic rings. The summed E-state index contributed by atoms with van der Waals surface area (Å²) in [5.41, 5.74) is 3.03. The lowest BCUT2D eigenvalue weighted by atomic mass is 9.74. The van der Waals surface area contributed by atoms with E-state index < -0.39 is 0 Å². The largest absolute Gasteiger partial charge is 0.316 e. The third-order valence-corrected chi connectivity index (χ3v) is 5.55. The zero-order chi connectivity index (χ0) is 14.7. The van der Waals surface area contributed by atoms with Gasteiger partial charge in [0.2, 0.25) is 0 Å². The summed E-state index contributed by atoms with van der Waals surface area (Å²) < 4.78 is 0. The monoisotopic (exact) mass is 282 g/mol. The average Bonchev–Trinajstić information content (AvgIpc) is 3.02. The highest BCUT2D eigenvalue weighted by Crippen LogP contribution is 2.44. The fraction of sp³-hybridized carbons (Fsp3) is 0.526. The number of benzene rings is 1. The Morgan fingerprint density at radius 2 is 1.95 bits per heavy atom. The maximum Gasteiger partial charge on any atom is 0.0704 e. The van der Waals surface area contributed by atoms with Gasteiger partial charge in [0, 0.05) is 17.6 Å². The Bertz CT molecular complexity index is 594. The van der Waals surface area contributed by atoms with Crippen LogP contribution in [0.1, 0.15) is 44.6 Å². The first-order chi connectivity index (χ1) is 10.3. The normalized spacial score (nSPS) is 19.0. The van der Waals surface area contributed by atoms with Gasteiger partial charge < -0.3 is 5.32 Å². The molecule has 1 aromatic heterocycles. The topological polar surface area (TPSA) is 24.9 Å². The third-order valence-electron chi connectivity index (χ3n) is 5.55. The number of aromatic nitrogens is 1. The minimum Gasteiger partial charge on any atom is -0.316 e. The van der Waals surface area contributed by atoms with Crippen LogP contribution in [-0.2, 0) is 6.42 Å². The van der Waals surface area contributed by atoms with Crippen molar-refractivity contribution >= 4 is 10.9 Å². The molecule has 1 aliphatic carbocycles. The second kappa shape index (κ2) is 6.15. The Kier molecular flexibility index (Phi) is 4.25. The van der Waals surface area contributed by atoms with Gasteiger partial charge in [0.15, 0.2) is 0 Å². The van der Waals surface area contributed by atoms with Gasteiger partial charge in [0.05, 0.1) is 5.52 Å². The molecule has 1 fully saturated rings. The Morgan fingerprint density at radius 3 is 2.67 bits per heavy atom. The van der Waals surface area contributed by atoms with Gasteiger partial charge in [-0.1, -0.05) is 38.0 Å². The minimum absolute atomic E-state index is 0.485. The van der Waals surface area contributed by atoms with Crippen LogP contribution < -0.4 is 5.32 Å². The van der Waals surface area contributed by atoms with E-state index >= 15 is 0 Å². The van der Waals surface area contributed by atoms with Crippen molar-refractivity contribution in [3.8, 4) is 0 Å². The summed E-state index contributed by atoms with van der Waals surface area (Å²) in [6, 6.07) is 11.3. The summed E-state index contributed by atoms with van der Waals surface area (Å²) in [4.78, 5) is 4.49. The predicted molar refractivity (Wildman–Crippen MR) is 89.5 cm³/mol. The van der Waals surface area contributed by atoms with E-state index in [1.807, 2.05) is 6.20 Å². The molecule has 112 valence electrons. The summed E-state index contributed by atoms with van der Waals surface area (Å²) >= 11 is 0. The van der Waals surface area contributed by atoms with E-state index in [0.29, 0.717) is 11.5 Å². The first-order valence-corrected chi connectivity index (χ1v) is 8.29. The fourth-order valence-electron chi connectivity index (χ4n) is 4.21. The van der Waals surface area contributed by atoms with Crippen LogP contribution in [0, 0.1) is 5.41 Å². The van der Waals surface area contributed by atoms with E-state index in [-0.39, 0.29) is 0 Å². The molecule has 0 amide bonds. The van der Waals surface area contributed by atoms with Gasteiger partial charge in [-0.15, -0.1) is 0 Å². The molecule has 1 saturated carbocycles. The molecular formula is C19H26N2. The molecule has 3 rings (SSSR count). The maximum absolute atomic E-state index is 4.49. The first kappa shape index (κ1) is 14.5. The number of hydrogen-bond donors (Lipinski definition) is 1. The van der Waals surface area contributed by atoms with E-state index in [1.54, 1.807) is 0 Å². The van der Waals surface area contributed by atoms with E-state index in [0.717, 1.165) is 11.9 Å². The molecule has 0 bridgehead atoms. The number of para-hydroxylation sites is 1. The van der Waals surface area contributed by atoms with Crippen LogP contribution >= 0.6 is 0 Å². The van der Waals surface area contributed by atoms with Gasteiger partial charge >= 0.3 is 0 Å². The van der Waals surface area contributed by atoms with Crippen molar-refractivity contribution in [2.45, 2.75) is 51.5 Å². The quantitative estimate of drug-likeness (QED) is 0.882. The summed E-state index contributed by atoms with van der Waals surface area (Å²) in [6.07, 6.45) is 9.87. The Labute approximate surface area is 128 Å². The van der Waals surface area contributed by atoms with Crippen molar-refractivity contribution in [1.29, 1.82) is 0 Å². The van der Waals surface area contributed by atoms with Crippen LogP contribution in [0.2, 0.25) is 0 Å². The van der Waals surface area contributed by atoms with Gasteiger partial charge in [-0.05, 0) is 55.8 Å². The molecule has 1 unspecified atom stereocenters. The van der Waals surface area contributed by atoms with Crippen molar-refractivity contribution in [1.82, 2.24) is 10.3 Å². The lowest BCUT2D eigenvalue weighted by Gasteiger charge is -2.37. The molecule has 1 heterocycles. The highest BCUT2D eigenvalue weighted by Gasteiger charge is 2.38. The zero-order valence-electron chi connectivity index (χ0n) is 13.2. The smallest absolute Gasteiger partial charge is 0.0704 e. The molecule has 21 heavy (non-hydrogen) atoms. The maximum atomic E-state index is 4.49. The average molecular weight is 282 g/mol. The van der Waals surface area contributed by atoms with Gasteiger partial charge in [-0.2, -0.15) is 0 Å². The number of nitrogens with one attached hydrogen (secondary N) is 1. The van der Waals surface area contributed by atoms with Gasteiger partial charge in [-0.3, -0.25) is 4.98 Å². The zero-order valence-corrected chi connectivity index (χ0v) is 13.2. The van der Waals surface area contributed by atoms with Crippen LogP contribution in [-0.4, -0.2) is 18.1 Å². The molecule has 0 radical (unpaired) electrons. The lowest BCUT2D eigenvalue weighted by molar-refractivity contribution is 0.193. The molecule has 1 atom stereocenters. The second-order valence-corrected chi connectivity index (χ2v) is 6.46. The van der Waals surface area contributed by atoms with Gasteiger partial charge in [0.1, 0.15) is 0 Å². The van der Waals surface area contributed by atoms with E-state index in [9.17, 15) is 0 Å². The van der Waals surface area contributed by atoms with Crippen molar-refractivity contribution in [2.75, 3.05) is 7.05 Å². The molecule has 1 aromatic carbocycles. The van der Waals surface area contributed by atoms with Gasteiger partial charge in [-0.25, -0.2) is 0 Å². The van der Waals surface area contributed by atoms with Crippen molar-refractivity contribution in [3.05, 3.63) is 42.1 Å². The Balaban J connectivity index is 1.92. The molecule has 0 spiro atoms. The highest BCUT2D eigenvalue weighted by atomic mass is 14.9. The van der Waals surface area contributed by atoms with E-state index in [1.165, 1.54) is 43.1 Å². The number of nitrogens with zero attached hydrogens (tertiary/aromatic N) is 1. The number of rotatable bonds is 5. The van der Waals surface area contributed by atoms with Crippen LogP contribution in [0.25, 0.3) is 10.9 Å². The minimum atomic E-state index is 0.485. The number of likely N-dealkylation sites (N-methyl/N-ethyl adjacent to an activating group) is 1. The van der Waals surface area contributed by atoms with Crippen molar-refractivity contribution in [2.24, 2.45) is 5.41 Å². The Morgan fingerprint density at radius 1 is 1.19 bits per heavy atom. The van der Waals surface area contributed by atoms with Crippen LogP contribution in [0.15, 0.2) is 36.5 Å². The summed E-state index contributed by atoms with van der Waals surface area (Å²) in [6.45, 7) is 2.36. The SMILES string of the molecule is CCC1(C(Cc2ccnc3ccccc23)NC)CCCC1. The molecule has 2 nitrogen and oxygen atoms in total. The second-order valence-electron chi connectivity index (χ2n) is 6.46. The molecule has 2 heteroatoms. The third kappa shape index (κ3) is 2.69. The van der Waals surface area contributed by atoms with Crippen molar-refractivity contribution in [3.63, 3.8) is 0 Å². The number of pyridine rings is 1. The highest BCUT2D eigenvalue weighted by molar-refractivity contribution is 5.81. The first-order valence-electron chi connectivity index (χ1n) is 8.29. The standard InChI is InChI=1S/C19H26N2/c1-3-19(11-6-7-12-19)18(20-2)14-15-10-13-21-17-9-5-4-8-16(15)17/h4-5,8-10,13,18,20H,3,6-7,11-12,14H2,1-2H3. The number of fused-ring (bicyclic) bond motifs is 1. The summed E-state index contributed by atoms with van der Waals surface area (Å²) in [5, 5.41) is 4.94. The molecule has 0 saturated heterocycles. The summed E-state index contributed by atoms with van der Waals surface area (Å²) in [7, 11) is 2.13. The van der Waals surface area contributed by atoms with Crippen LogP contribution in [0.3, 0.4) is 0 Å². The van der Waals surface area contributed by atoms with Gasteiger partial charge in [0.25, 0.3) is 0 Å². The summed E-state index contributed by atoms with van der Waals surface area (Å²) in [5.74, 6) is 0. The van der Waals surface area contributed by atoms with Crippen LogP contribution in [0.4, 0.5) is 0 Å². The molecule has 0 aliphatic heterocycles. The lowest BCUT2D eigenvalue weighted by Crippen LogP contribution is -2.43. The fourth-order valence-corrected chi connectivity index (χ4v) is 4.21. The van der Waals surface area contributed by atoms with E-state index in [2.05, 4.69) is 54.6 Å². The van der Waals surface area contributed by atoms with E-state index in [4.69, 9.17) is 0 Å². The predicted octanol–water partition coefficient (Wildman–Crippen LogP) is 4.34. The molecule has 2 aromatic rings.